The molecule has 0 spiro atoms. The Morgan fingerprint density at radius 2 is 1.50 bits per heavy atom. The van der Waals surface area contributed by atoms with E-state index in [9.17, 15) is 4.79 Å². The lowest BCUT2D eigenvalue weighted by molar-refractivity contribution is -0.136. The molecule has 0 amide bonds. The maximum atomic E-state index is 12.0. The van der Waals surface area contributed by atoms with Crippen LogP contribution in [0.4, 0.5) is 0 Å². The molecule has 4 heteroatoms. The molecular weight excluding hydrogens is 344 g/mol. The summed E-state index contributed by atoms with van der Waals surface area (Å²) < 4.78 is 12.1. The quantitative estimate of drug-likeness (QED) is 0.585. The Bertz CT molecular complexity index is 664. The molecule has 0 unspecified atom stereocenters. The van der Waals surface area contributed by atoms with Crippen molar-refractivity contribution in [2.24, 2.45) is 0 Å². The first-order chi connectivity index (χ1) is 10.4. The number of rotatable bonds is 4. The molecule has 0 atom stereocenters. The van der Waals surface area contributed by atoms with Gasteiger partial charge in [-0.25, -0.2) is 4.79 Å². The smallest absolute Gasteiger partial charge is 0.349 e. The number of halogens is 1. The van der Waals surface area contributed by atoms with Crippen LogP contribution in [0.25, 0.3) is 0 Å². The molecule has 0 fully saturated rings. The summed E-state index contributed by atoms with van der Waals surface area (Å²) in [5.74, 6) is 0.932. The summed E-state index contributed by atoms with van der Waals surface area (Å²) >= 11 is 3.44. The molecule has 0 saturated heterocycles. The van der Waals surface area contributed by atoms with Crippen molar-refractivity contribution in [2.45, 2.75) is 27.7 Å². The van der Waals surface area contributed by atoms with Gasteiger partial charge in [0, 0.05) is 4.47 Å². The Morgan fingerprint density at radius 3 is 2.05 bits per heavy atom. The number of benzene rings is 2. The molecular formula is C18H19BrO3. The summed E-state index contributed by atoms with van der Waals surface area (Å²) in [6.07, 6.45) is 0. The van der Waals surface area contributed by atoms with Crippen LogP contribution in [0.15, 0.2) is 34.8 Å². The number of para-hydroxylation sites is 1. The van der Waals surface area contributed by atoms with Crippen molar-refractivity contribution in [2.75, 3.05) is 6.61 Å². The van der Waals surface area contributed by atoms with Crippen molar-refractivity contribution in [3.8, 4) is 11.5 Å². The molecule has 0 saturated carbocycles. The minimum atomic E-state index is -0.404. The van der Waals surface area contributed by atoms with E-state index < -0.39 is 5.97 Å². The summed E-state index contributed by atoms with van der Waals surface area (Å²) in [7, 11) is 0. The highest BCUT2D eigenvalue weighted by molar-refractivity contribution is 9.10. The third-order valence-corrected chi connectivity index (χ3v) is 3.84. The Hall–Kier alpha value is -1.81. The lowest BCUT2D eigenvalue weighted by Gasteiger charge is -2.13. The standard InChI is InChI=1S/C18H19BrO3/c1-11-6-5-7-12(2)18(11)22-16(20)10-21-17-13(3)8-15(19)9-14(17)4/h5-9H,10H2,1-4H3. The zero-order valence-electron chi connectivity index (χ0n) is 13.2. The van der Waals surface area contributed by atoms with Crippen molar-refractivity contribution >= 4 is 21.9 Å². The van der Waals surface area contributed by atoms with Gasteiger partial charge in [-0.3, -0.25) is 0 Å². The SMILES string of the molecule is Cc1cc(Br)cc(C)c1OCC(=O)Oc1c(C)cccc1C. The van der Waals surface area contributed by atoms with E-state index in [2.05, 4.69) is 15.9 Å². The van der Waals surface area contributed by atoms with E-state index in [4.69, 9.17) is 9.47 Å². The summed E-state index contributed by atoms with van der Waals surface area (Å²) in [4.78, 5) is 12.0. The van der Waals surface area contributed by atoms with Crippen LogP contribution < -0.4 is 9.47 Å². The first kappa shape index (κ1) is 16.6. The first-order valence-corrected chi connectivity index (χ1v) is 7.84. The molecule has 2 aromatic carbocycles. The van der Waals surface area contributed by atoms with Gasteiger partial charge in [-0.05, 0) is 62.1 Å². The number of esters is 1. The van der Waals surface area contributed by atoms with Crippen molar-refractivity contribution in [3.63, 3.8) is 0 Å². The fourth-order valence-electron chi connectivity index (χ4n) is 2.36. The Balaban J connectivity index is 2.05. The van der Waals surface area contributed by atoms with Crippen molar-refractivity contribution in [1.82, 2.24) is 0 Å². The van der Waals surface area contributed by atoms with Gasteiger partial charge in [-0.15, -0.1) is 0 Å². The van der Waals surface area contributed by atoms with E-state index in [1.54, 1.807) is 0 Å². The number of aryl methyl sites for hydroxylation is 4. The van der Waals surface area contributed by atoms with Crippen LogP contribution in [-0.2, 0) is 4.79 Å². The highest BCUT2D eigenvalue weighted by atomic mass is 79.9. The maximum absolute atomic E-state index is 12.0. The van der Waals surface area contributed by atoms with Crippen LogP contribution in [0, 0.1) is 27.7 Å². The highest BCUT2D eigenvalue weighted by Crippen LogP contribution is 2.27. The molecule has 0 N–H and O–H groups in total. The Morgan fingerprint density at radius 1 is 0.955 bits per heavy atom. The number of hydrogen-bond donors (Lipinski definition) is 0. The van der Waals surface area contributed by atoms with Gasteiger partial charge in [-0.1, -0.05) is 34.1 Å². The predicted molar refractivity (Wildman–Crippen MR) is 90.7 cm³/mol. The molecule has 0 heterocycles. The lowest BCUT2D eigenvalue weighted by Crippen LogP contribution is -2.19. The van der Waals surface area contributed by atoms with Gasteiger partial charge < -0.3 is 9.47 Å². The molecule has 0 aliphatic rings. The van der Waals surface area contributed by atoms with Gasteiger partial charge in [0.25, 0.3) is 0 Å². The second kappa shape index (κ2) is 6.97. The van der Waals surface area contributed by atoms with Gasteiger partial charge >= 0.3 is 5.97 Å². The monoisotopic (exact) mass is 362 g/mol. The minimum absolute atomic E-state index is 0.114. The van der Waals surface area contributed by atoms with Gasteiger partial charge in [-0.2, -0.15) is 0 Å². The van der Waals surface area contributed by atoms with E-state index in [1.807, 2.05) is 58.0 Å². The van der Waals surface area contributed by atoms with Crippen LogP contribution in [0.1, 0.15) is 22.3 Å². The largest absolute Gasteiger partial charge is 0.481 e. The van der Waals surface area contributed by atoms with Gasteiger partial charge in [0.2, 0.25) is 0 Å². The number of ether oxygens (including phenoxy) is 2. The molecule has 0 aliphatic carbocycles. The predicted octanol–water partition coefficient (Wildman–Crippen LogP) is 4.67. The fraction of sp³-hybridized carbons (Fsp3) is 0.278. The van der Waals surface area contributed by atoms with Crippen LogP contribution in [-0.4, -0.2) is 12.6 Å². The zero-order valence-corrected chi connectivity index (χ0v) is 14.8. The molecule has 22 heavy (non-hydrogen) atoms. The van der Waals surface area contributed by atoms with E-state index >= 15 is 0 Å². The summed E-state index contributed by atoms with van der Waals surface area (Å²) in [5, 5.41) is 0. The van der Waals surface area contributed by atoms with E-state index in [1.165, 1.54) is 0 Å². The van der Waals surface area contributed by atoms with E-state index in [0.717, 1.165) is 32.5 Å². The highest BCUT2D eigenvalue weighted by Gasteiger charge is 2.12. The third kappa shape index (κ3) is 3.89. The maximum Gasteiger partial charge on any atom is 0.349 e. The first-order valence-electron chi connectivity index (χ1n) is 7.05. The lowest BCUT2D eigenvalue weighted by atomic mass is 10.1. The molecule has 2 rings (SSSR count). The Labute approximate surface area is 139 Å². The number of hydrogen-bond acceptors (Lipinski definition) is 3. The molecule has 0 bridgehead atoms. The van der Waals surface area contributed by atoms with Crippen molar-refractivity contribution in [3.05, 3.63) is 57.1 Å². The zero-order chi connectivity index (χ0) is 16.3. The molecule has 0 aliphatic heterocycles. The normalized spacial score (nSPS) is 10.4. The van der Waals surface area contributed by atoms with Gasteiger partial charge in [0.05, 0.1) is 0 Å². The molecule has 3 nitrogen and oxygen atoms in total. The van der Waals surface area contributed by atoms with E-state index in [-0.39, 0.29) is 6.61 Å². The number of carbonyl (C=O) groups excluding carboxylic acids is 1. The molecule has 2 aromatic rings. The second-order valence-electron chi connectivity index (χ2n) is 5.35. The minimum Gasteiger partial charge on any atom is -0.481 e. The van der Waals surface area contributed by atoms with Gasteiger partial charge in [0.1, 0.15) is 11.5 Å². The summed E-state index contributed by atoms with van der Waals surface area (Å²) in [6.45, 7) is 7.61. The van der Waals surface area contributed by atoms with Crippen LogP contribution in [0.5, 0.6) is 11.5 Å². The average Bonchev–Trinajstić information content (AvgIpc) is 2.42. The molecule has 116 valence electrons. The van der Waals surface area contributed by atoms with Crippen molar-refractivity contribution in [1.29, 1.82) is 0 Å². The summed E-state index contributed by atoms with van der Waals surface area (Å²) in [6, 6.07) is 9.68. The van der Waals surface area contributed by atoms with Crippen molar-refractivity contribution < 1.29 is 14.3 Å². The van der Waals surface area contributed by atoms with Gasteiger partial charge in [0.15, 0.2) is 6.61 Å². The van der Waals surface area contributed by atoms with Crippen LogP contribution >= 0.6 is 15.9 Å². The molecule has 0 radical (unpaired) electrons. The van der Waals surface area contributed by atoms with Crippen LogP contribution in [0.2, 0.25) is 0 Å². The topological polar surface area (TPSA) is 35.5 Å². The third-order valence-electron chi connectivity index (χ3n) is 3.38. The summed E-state index contributed by atoms with van der Waals surface area (Å²) in [5.41, 5.74) is 3.83. The second-order valence-corrected chi connectivity index (χ2v) is 6.27. The fourth-order valence-corrected chi connectivity index (χ4v) is 3.05. The van der Waals surface area contributed by atoms with E-state index in [0.29, 0.717) is 5.75 Å². The molecule has 0 aromatic heterocycles. The average molecular weight is 363 g/mol. The number of carbonyl (C=O) groups is 1. The Kier molecular flexibility index (Phi) is 5.24. The van der Waals surface area contributed by atoms with Crippen LogP contribution in [0.3, 0.4) is 0 Å².